The second kappa shape index (κ2) is 10.1. The third-order valence-electron chi connectivity index (χ3n) is 5.41. The van der Waals surface area contributed by atoms with Crippen molar-refractivity contribution < 1.29 is 14.3 Å². The molecule has 0 bridgehead atoms. The molecule has 0 aliphatic carbocycles. The van der Waals surface area contributed by atoms with Gasteiger partial charge in [-0.1, -0.05) is 24.3 Å². The van der Waals surface area contributed by atoms with Crippen molar-refractivity contribution in [2.75, 3.05) is 40.4 Å². The van der Waals surface area contributed by atoms with Crippen molar-refractivity contribution in [1.29, 1.82) is 0 Å². The Hall–Kier alpha value is -3.72. The molecular weight excluding hydrogens is 408 g/mol. The lowest BCUT2D eigenvalue weighted by Crippen LogP contribution is -2.48. The summed E-state index contributed by atoms with van der Waals surface area (Å²) in [5.74, 6) is 2.07. The molecule has 9 heteroatoms. The van der Waals surface area contributed by atoms with Gasteiger partial charge >= 0.3 is 0 Å². The monoisotopic (exact) mass is 434 g/mol. The van der Waals surface area contributed by atoms with E-state index in [9.17, 15) is 4.79 Å². The summed E-state index contributed by atoms with van der Waals surface area (Å²) in [6, 6.07) is 15.4. The number of piperazine rings is 1. The van der Waals surface area contributed by atoms with Crippen LogP contribution >= 0.6 is 0 Å². The lowest BCUT2D eigenvalue weighted by atomic mass is 10.2. The quantitative estimate of drug-likeness (QED) is 0.526. The maximum Gasteiger partial charge on any atom is 0.246 e. The highest BCUT2D eigenvalue weighted by atomic mass is 16.5. The molecule has 1 saturated heterocycles. The van der Waals surface area contributed by atoms with E-state index in [-0.39, 0.29) is 5.91 Å². The Balaban J connectivity index is 1.32. The van der Waals surface area contributed by atoms with Crippen LogP contribution in [0, 0.1) is 0 Å². The highest BCUT2D eigenvalue weighted by Crippen LogP contribution is 2.28. The summed E-state index contributed by atoms with van der Waals surface area (Å²) in [6.07, 6.45) is 3.40. The first-order valence-electron chi connectivity index (χ1n) is 10.4. The molecule has 0 radical (unpaired) electrons. The summed E-state index contributed by atoms with van der Waals surface area (Å²) in [5.41, 5.74) is 1.81. The Morgan fingerprint density at radius 3 is 2.47 bits per heavy atom. The minimum Gasteiger partial charge on any atom is -0.493 e. The smallest absolute Gasteiger partial charge is 0.246 e. The molecule has 0 N–H and O–H groups in total. The molecule has 1 amide bonds. The molecule has 32 heavy (non-hydrogen) atoms. The van der Waals surface area contributed by atoms with E-state index in [0.717, 1.165) is 30.2 Å². The van der Waals surface area contributed by atoms with Crippen LogP contribution in [0.5, 0.6) is 11.5 Å². The number of hydrogen-bond acceptors (Lipinski definition) is 7. The molecule has 2 heterocycles. The predicted octanol–water partition coefficient (Wildman–Crippen LogP) is 2.04. The van der Waals surface area contributed by atoms with E-state index in [1.807, 2.05) is 53.4 Å². The second-order valence-corrected chi connectivity index (χ2v) is 7.39. The minimum absolute atomic E-state index is 0.00597. The number of tetrazole rings is 1. The Morgan fingerprint density at radius 2 is 1.75 bits per heavy atom. The minimum atomic E-state index is -0.00597. The predicted molar refractivity (Wildman–Crippen MR) is 120 cm³/mol. The van der Waals surface area contributed by atoms with Gasteiger partial charge < -0.3 is 14.4 Å². The normalized spacial score (nSPS) is 14.6. The van der Waals surface area contributed by atoms with Crippen LogP contribution in [0.4, 0.5) is 0 Å². The van der Waals surface area contributed by atoms with E-state index in [1.54, 1.807) is 31.1 Å². The average molecular weight is 435 g/mol. The lowest BCUT2D eigenvalue weighted by molar-refractivity contribution is -0.127. The van der Waals surface area contributed by atoms with Gasteiger partial charge in [-0.15, -0.1) is 5.10 Å². The third-order valence-corrected chi connectivity index (χ3v) is 5.41. The van der Waals surface area contributed by atoms with Crippen molar-refractivity contribution in [2.24, 2.45) is 0 Å². The first-order chi connectivity index (χ1) is 15.7. The topological polar surface area (TPSA) is 85.6 Å². The number of rotatable bonds is 7. The number of carbonyl (C=O) groups excluding carboxylic acids is 1. The number of nitrogens with zero attached hydrogens (tertiary/aromatic N) is 6. The summed E-state index contributed by atoms with van der Waals surface area (Å²) in [5, 5.41) is 12.1. The van der Waals surface area contributed by atoms with Crippen molar-refractivity contribution >= 4 is 12.0 Å². The standard InChI is InChI=1S/C23H26N6O3/c1-31-20-10-8-18(16-21(20)32-2)9-11-23(30)28-14-12-27(13-15-28)17-22-24-25-26-29(22)19-6-4-3-5-7-19/h3-11,16H,12-15,17H2,1-2H3/b11-9-. The molecule has 166 valence electrons. The van der Waals surface area contributed by atoms with Crippen LogP contribution in [0.3, 0.4) is 0 Å². The van der Waals surface area contributed by atoms with Crippen LogP contribution in [-0.2, 0) is 11.3 Å². The Kier molecular flexibility index (Phi) is 6.76. The highest BCUT2D eigenvalue weighted by Gasteiger charge is 2.21. The lowest BCUT2D eigenvalue weighted by Gasteiger charge is -2.33. The number of amides is 1. The molecule has 1 aliphatic rings. The molecule has 1 aliphatic heterocycles. The molecular formula is C23H26N6O3. The molecule has 9 nitrogen and oxygen atoms in total. The third kappa shape index (κ3) is 4.94. The number of benzene rings is 2. The number of carbonyl (C=O) groups is 1. The molecule has 4 rings (SSSR count). The zero-order valence-electron chi connectivity index (χ0n) is 18.2. The fourth-order valence-corrected chi connectivity index (χ4v) is 3.63. The number of aromatic nitrogens is 4. The van der Waals surface area contributed by atoms with Gasteiger partial charge in [0.1, 0.15) is 0 Å². The van der Waals surface area contributed by atoms with Gasteiger partial charge in [-0.25, -0.2) is 0 Å². The van der Waals surface area contributed by atoms with Crippen LogP contribution in [0.1, 0.15) is 11.4 Å². The maximum atomic E-state index is 12.6. The van der Waals surface area contributed by atoms with Crippen LogP contribution in [0.15, 0.2) is 54.6 Å². The van der Waals surface area contributed by atoms with Crippen molar-refractivity contribution in [3.63, 3.8) is 0 Å². The molecule has 2 aromatic carbocycles. The molecule has 0 saturated carbocycles. The van der Waals surface area contributed by atoms with E-state index in [0.29, 0.717) is 31.1 Å². The summed E-state index contributed by atoms with van der Waals surface area (Å²) < 4.78 is 12.3. The van der Waals surface area contributed by atoms with Crippen molar-refractivity contribution in [1.82, 2.24) is 30.0 Å². The van der Waals surface area contributed by atoms with Gasteiger partial charge in [0.05, 0.1) is 26.5 Å². The SMILES string of the molecule is COc1ccc(/C=C\C(=O)N2CCN(Cc3nnnn3-c3ccccc3)CC2)cc1OC. The van der Waals surface area contributed by atoms with E-state index >= 15 is 0 Å². The Morgan fingerprint density at radius 1 is 1.00 bits per heavy atom. The molecule has 0 unspecified atom stereocenters. The van der Waals surface area contributed by atoms with E-state index in [2.05, 4.69) is 20.4 Å². The van der Waals surface area contributed by atoms with E-state index in [1.165, 1.54) is 0 Å². The summed E-state index contributed by atoms with van der Waals surface area (Å²) in [4.78, 5) is 16.8. The van der Waals surface area contributed by atoms with E-state index < -0.39 is 0 Å². The van der Waals surface area contributed by atoms with Gasteiger partial charge in [-0.3, -0.25) is 9.69 Å². The molecule has 1 aromatic heterocycles. The summed E-state index contributed by atoms with van der Waals surface area (Å²) in [6.45, 7) is 3.46. The average Bonchev–Trinajstić information content (AvgIpc) is 3.31. The Labute approximate surface area is 186 Å². The molecule has 0 atom stereocenters. The highest BCUT2D eigenvalue weighted by molar-refractivity contribution is 5.92. The van der Waals surface area contributed by atoms with Gasteiger partial charge in [0.25, 0.3) is 0 Å². The van der Waals surface area contributed by atoms with Crippen molar-refractivity contribution in [3.8, 4) is 17.2 Å². The Bertz CT molecular complexity index is 1070. The zero-order chi connectivity index (χ0) is 22.3. The van der Waals surface area contributed by atoms with Gasteiger partial charge in [0.2, 0.25) is 5.91 Å². The van der Waals surface area contributed by atoms with Crippen LogP contribution in [0.2, 0.25) is 0 Å². The first kappa shape index (κ1) is 21.5. The maximum absolute atomic E-state index is 12.6. The van der Waals surface area contributed by atoms with Crippen molar-refractivity contribution in [2.45, 2.75) is 6.54 Å². The van der Waals surface area contributed by atoms with Crippen LogP contribution in [-0.4, -0.2) is 76.3 Å². The fraction of sp³-hybridized carbons (Fsp3) is 0.304. The summed E-state index contributed by atoms with van der Waals surface area (Å²) in [7, 11) is 3.19. The zero-order valence-corrected chi connectivity index (χ0v) is 18.2. The molecule has 0 spiro atoms. The van der Waals surface area contributed by atoms with Crippen LogP contribution < -0.4 is 9.47 Å². The number of methoxy groups -OCH3 is 2. The number of hydrogen-bond donors (Lipinski definition) is 0. The molecule has 3 aromatic rings. The van der Waals surface area contributed by atoms with Gasteiger partial charge in [0.15, 0.2) is 17.3 Å². The van der Waals surface area contributed by atoms with Gasteiger partial charge in [-0.2, -0.15) is 4.68 Å². The number of para-hydroxylation sites is 1. The summed E-state index contributed by atoms with van der Waals surface area (Å²) >= 11 is 0. The van der Waals surface area contributed by atoms with Crippen molar-refractivity contribution in [3.05, 3.63) is 66.0 Å². The molecule has 1 fully saturated rings. The fourth-order valence-electron chi connectivity index (χ4n) is 3.63. The first-order valence-corrected chi connectivity index (χ1v) is 10.4. The van der Waals surface area contributed by atoms with Gasteiger partial charge in [0, 0.05) is 32.3 Å². The number of ether oxygens (including phenoxy) is 2. The van der Waals surface area contributed by atoms with Crippen LogP contribution in [0.25, 0.3) is 11.8 Å². The largest absolute Gasteiger partial charge is 0.493 e. The second-order valence-electron chi connectivity index (χ2n) is 7.39. The van der Waals surface area contributed by atoms with Gasteiger partial charge in [-0.05, 0) is 46.3 Å². The van der Waals surface area contributed by atoms with E-state index in [4.69, 9.17) is 9.47 Å².